The van der Waals surface area contributed by atoms with Gasteiger partial charge in [0.05, 0.1) is 24.0 Å². The molecule has 1 aromatic heterocycles. The molecule has 2 N–H and O–H groups in total. The number of nitrogens with zero attached hydrogens (tertiary/aromatic N) is 3. The lowest BCUT2D eigenvalue weighted by Crippen LogP contribution is -2.52. The Labute approximate surface area is 194 Å². The fourth-order valence-electron chi connectivity index (χ4n) is 5.53. The molecule has 2 amide bonds. The summed E-state index contributed by atoms with van der Waals surface area (Å²) in [6.45, 7) is 2.39. The lowest BCUT2D eigenvalue weighted by atomic mass is 9.99. The number of rotatable bonds is 5. The van der Waals surface area contributed by atoms with Gasteiger partial charge in [0.2, 0.25) is 0 Å². The van der Waals surface area contributed by atoms with Gasteiger partial charge in [0.15, 0.2) is 0 Å². The van der Waals surface area contributed by atoms with E-state index in [2.05, 4.69) is 21.2 Å². The smallest absolute Gasteiger partial charge is 0.334 e. The van der Waals surface area contributed by atoms with Crippen LogP contribution in [0.5, 0.6) is 0 Å². The predicted octanol–water partition coefficient (Wildman–Crippen LogP) is 2.84. The van der Waals surface area contributed by atoms with Crippen molar-refractivity contribution in [1.82, 2.24) is 14.5 Å². The molecule has 0 saturated carbocycles. The third-order valence-electron chi connectivity index (χ3n) is 6.93. The lowest BCUT2D eigenvalue weighted by Gasteiger charge is -2.36. The Hall–Kier alpha value is -2.59. The number of fused-ring (bicyclic) bond motifs is 2. The molecule has 2 aromatic rings. The van der Waals surface area contributed by atoms with Crippen LogP contribution in [0, 0.1) is 0 Å². The first kappa shape index (κ1) is 22.2. The van der Waals surface area contributed by atoms with Crippen molar-refractivity contribution >= 4 is 27.6 Å². The van der Waals surface area contributed by atoms with Gasteiger partial charge in [-0.25, -0.2) is 13.8 Å². The van der Waals surface area contributed by atoms with E-state index in [4.69, 9.17) is 4.74 Å². The highest BCUT2D eigenvalue weighted by molar-refractivity contribution is 7.91. The SMILES string of the molecule is C[C@H]1C[C@H](N(c2cnn(C)c2)S(=O)(=O)NC(=O)Nc2c3c(cc4c2CCC4)CCC3)CCO1. The molecular formula is C23H31N5O4S. The average Bonchev–Trinajstić information content (AvgIpc) is 3.48. The average molecular weight is 474 g/mol. The molecule has 178 valence electrons. The quantitative estimate of drug-likeness (QED) is 0.695. The molecule has 1 fully saturated rings. The normalized spacial score (nSPS) is 22.0. The van der Waals surface area contributed by atoms with Crippen molar-refractivity contribution in [2.75, 3.05) is 16.2 Å². The van der Waals surface area contributed by atoms with E-state index in [1.165, 1.54) is 21.6 Å². The molecule has 0 bridgehead atoms. The highest BCUT2D eigenvalue weighted by atomic mass is 32.2. The zero-order valence-electron chi connectivity index (χ0n) is 19.1. The monoisotopic (exact) mass is 473 g/mol. The van der Waals surface area contributed by atoms with Gasteiger partial charge in [-0.05, 0) is 80.5 Å². The second kappa shape index (κ2) is 8.64. The van der Waals surface area contributed by atoms with Gasteiger partial charge in [0.1, 0.15) is 0 Å². The number of benzene rings is 1. The number of anilines is 2. The minimum Gasteiger partial charge on any atom is -0.378 e. The standard InChI is InChI=1S/C23H31N5O4S/c1-15-11-18(9-10-32-15)28(19-13-24-27(2)14-19)33(30,31)26-23(29)25-22-20-7-3-5-16(20)12-17-6-4-8-21(17)22/h12-15,18H,3-11H2,1-2H3,(H2,25,26,29)/t15-,18+/m0/s1. The predicted molar refractivity (Wildman–Crippen MR) is 126 cm³/mol. The van der Waals surface area contributed by atoms with Crippen LogP contribution in [0.15, 0.2) is 18.5 Å². The zero-order valence-corrected chi connectivity index (χ0v) is 20.0. The minimum atomic E-state index is -4.17. The second-order valence-electron chi connectivity index (χ2n) is 9.32. The van der Waals surface area contributed by atoms with E-state index < -0.39 is 16.2 Å². The van der Waals surface area contributed by atoms with Crippen LogP contribution in [0.4, 0.5) is 16.2 Å². The Morgan fingerprint density at radius 1 is 1.18 bits per heavy atom. The Bertz CT molecular complexity index is 1140. The van der Waals surface area contributed by atoms with Crippen molar-refractivity contribution in [2.45, 2.75) is 70.4 Å². The molecule has 1 saturated heterocycles. The summed E-state index contributed by atoms with van der Waals surface area (Å²) in [5, 5.41) is 7.06. The Morgan fingerprint density at radius 3 is 2.48 bits per heavy atom. The molecule has 0 radical (unpaired) electrons. The van der Waals surface area contributed by atoms with E-state index in [-0.39, 0.29) is 12.1 Å². The van der Waals surface area contributed by atoms with Crippen molar-refractivity contribution in [2.24, 2.45) is 7.05 Å². The number of hydrogen-bond acceptors (Lipinski definition) is 5. The topological polar surface area (TPSA) is 106 Å². The lowest BCUT2D eigenvalue weighted by molar-refractivity contribution is 0.0208. The highest BCUT2D eigenvalue weighted by Gasteiger charge is 2.36. The summed E-state index contributed by atoms with van der Waals surface area (Å²) in [6, 6.07) is 1.23. The molecule has 2 aliphatic carbocycles. The molecule has 10 heteroatoms. The van der Waals surface area contributed by atoms with Crippen LogP contribution < -0.4 is 14.3 Å². The van der Waals surface area contributed by atoms with Gasteiger partial charge in [-0.15, -0.1) is 0 Å². The van der Waals surface area contributed by atoms with Crippen LogP contribution in [0.2, 0.25) is 0 Å². The summed E-state index contributed by atoms with van der Waals surface area (Å²) >= 11 is 0. The molecule has 1 aromatic carbocycles. The van der Waals surface area contributed by atoms with Crippen molar-refractivity contribution in [3.63, 3.8) is 0 Å². The maximum Gasteiger partial charge on any atom is 0.334 e. The third kappa shape index (κ3) is 4.33. The summed E-state index contributed by atoms with van der Waals surface area (Å²) < 4.78 is 37.7. The summed E-state index contributed by atoms with van der Waals surface area (Å²) in [4.78, 5) is 13.0. The van der Waals surface area contributed by atoms with Gasteiger partial charge in [-0.1, -0.05) is 6.07 Å². The number of hydrogen-bond donors (Lipinski definition) is 2. The van der Waals surface area contributed by atoms with Crippen LogP contribution in [0.1, 0.15) is 54.9 Å². The van der Waals surface area contributed by atoms with E-state index in [1.54, 1.807) is 17.9 Å². The molecule has 2 heterocycles. The molecule has 3 aliphatic rings. The van der Waals surface area contributed by atoms with Gasteiger partial charge in [0.25, 0.3) is 0 Å². The summed E-state index contributed by atoms with van der Waals surface area (Å²) in [5.74, 6) is 0. The number of carbonyl (C=O) groups excluding carboxylic acids is 1. The number of ether oxygens (including phenoxy) is 1. The number of aryl methyl sites for hydroxylation is 3. The number of nitrogens with one attached hydrogen (secondary N) is 2. The summed E-state index contributed by atoms with van der Waals surface area (Å²) in [5.41, 5.74) is 6.12. The number of aromatic nitrogens is 2. The molecule has 5 rings (SSSR count). The molecule has 33 heavy (non-hydrogen) atoms. The van der Waals surface area contributed by atoms with Crippen LogP contribution in [-0.2, 0) is 47.7 Å². The van der Waals surface area contributed by atoms with Gasteiger partial charge in [-0.3, -0.25) is 4.68 Å². The summed E-state index contributed by atoms with van der Waals surface area (Å²) in [7, 11) is -2.44. The van der Waals surface area contributed by atoms with Crippen LogP contribution in [0.25, 0.3) is 0 Å². The Kier molecular flexibility index (Phi) is 5.82. The highest BCUT2D eigenvalue weighted by Crippen LogP contribution is 2.38. The van der Waals surface area contributed by atoms with Gasteiger partial charge >= 0.3 is 16.2 Å². The largest absolute Gasteiger partial charge is 0.378 e. The van der Waals surface area contributed by atoms with Crippen molar-refractivity contribution in [3.8, 4) is 0 Å². The van der Waals surface area contributed by atoms with Gasteiger partial charge < -0.3 is 10.1 Å². The zero-order chi connectivity index (χ0) is 23.2. The maximum absolute atomic E-state index is 13.5. The summed E-state index contributed by atoms with van der Waals surface area (Å²) in [6.07, 6.45) is 10.1. The van der Waals surface area contributed by atoms with Crippen LogP contribution in [0.3, 0.4) is 0 Å². The van der Waals surface area contributed by atoms with E-state index >= 15 is 0 Å². The number of urea groups is 1. The molecule has 0 spiro atoms. The molecule has 2 atom stereocenters. The first-order valence-corrected chi connectivity index (χ1v) is 13.2. The Morgan fingerprint density at radius 2 is 1.88 bits per heavy atom. The third-order valence-corrected chi connectivity index (χ3v) is 8.40. The fraction of sp³-hybridized carbons (Fsp3) is 0.565. The van der Waals surface area contributed by atoms with Gasteiger partial charge in [-0.2, -0.15) is 13.5 Å². The van der Waals surface area contributed by atoms with Crippen molar-refractivity contribution < 1.29 is 17.9 Å². The van der Waals surface area contributed by atoms with E-state index in [0.717, 1.165) is 55.3 Å². The second-order valence-corrected chi connectivity index (χ2v) is 10.9. The number of carbonyl (C=O) groups is 1. The van der Waals surface area contributed by atoms with E-state index in [1.807, 2.05) is 6.92 Å². The Balaban J connectivity index is 1.41. The van der Waals surface area contributed by atoms with Crippen LogP contribution in [-0.4, -0.2) is 43.0 Å². The maximum atomic E-state index is 13.5. The number of amides is 2. The van der Waals surface area contributed by atoms with Gasteiger partial charge in [0, 0.05) is 25.5 Å². The molecule has 1 aliphatic heterocycles. The van der Waals surface area contributed by atoms with Crippen LogP contribution >= 0.6 is 0 Å². The molecule has 9 nitrogen and oxygen atoms in total. The van der Waals surface area contributed by atoms with E-state index in [9.17, 15) is 13.2 Å². The van der Waals surface area contributed by atoms with Crippen molar-refractivity contribution in [1.29, 1.82) is 0 Å². The first-order valence-electron chi connectivity index (χ1n) is 11.7. The molecule has 0 unspecified atom stereocenters. The minimum absolute atomic E-state index is 0.0681. The molecular weight excluding hydrogens is 442 g/mol. The van der Waals surface area contributed by atoms with Crippen molar-refractivity contribution in [3.05, 3.63) is 40.7 Å². The fourth-order valence-corrected chi connectivity index (χ4v) is 6.87. The first-order chi connectivity index (χ1) is 15.8. The van der Waals surface area contributed by atoms with E-state index in [0.29, 0.717) is 25.1 Å².